The number of hydrogen-bond donors (Lipinski definition) is 1. The lowest BCUT2D eigenvalue weighted by molar-refractivity contribution is 0.268. The van der Waals surface area contributed by atoms with E-state index >= 15 is 0 Å². The molecule has 25 heavy (non-hydrogen) atoms. The van der Waals surface area contributed by atoms with Crippen molar-refractivity contribution >= 4 is 15.7 Å². The van der Waals surface area contributed by atoms with Crippen LogP contribution in [0.15, 0.2) is 47.4 Å². The second-order valence-corrected chi connectivity index (χ2v) is 7.46. The number of hydrogen-bond acceptors (Lipinski definition) is 4. The van der Waals surface area contributed by atoms with Crippen molar-refractivity contribution in [2.45, 2.75) is 38.5 Å². The van der Waals surface area contributed by atoms with Crippen molar-refractivity contribution in [3.05, 3.63) is 48.0 Å². The number of benzene rings is 2. The summed E-state index contributed by atoms with van der Waals surface area (Å²) in [5.41, 5.74) is 1.45. The van der Waals surface area contributed by atoms with Crippen LogP contribution in [0.4, 0.5) is 5.69 Å². The Balaban J connectivity index is 2.24. The van der Waals surface area contributed by atoms with Gasteiger partial charge in [-0.2, -0.15) is 0 Å². The van der Waals surface area contributed by atoms with Crippen molar-refractivity contribution in [3.63, 3.8) is 0 Å². The first-order valence-corrected chi connectivity index (χ1v) is 9.93. The normalized spacial score (nSPS) is 11.2. The highest BCUT2D eigenvalue weighted by molar-refractivity contribution is 7.92. The summed E-state index contributed by atoms with van der Waals surface area (Å²) in [6.07, 6.45) is 1.74. The van der Waals surface area contributed by atoms with Crippen LogP contribution in [0.2, 0.25) is 0 Å². The Morgan fingerprint density at radius 3 is 2.08 bits per heavy atom. The van der Waals surface area contributed by atoms with Crippen LogP contribution in [0, 0.1) is 6.92 Å². The van der Waals surface area contributed by atoms with Crippen molar-refractivity contribution in [1.82, 2.24) is 0 Å². The molecule has 1 N–H and O–H groups in total. The summed E-state index contributed by atoms with van der Waals surface area (Å²) >= 11 is 0. The van der Waals surface area contributed by atoms with Crippen molar-refractivity contribution < 1.29 is 17.9 Å². The maximum atomic E-state index is 12.5. The molecule has 0 bridgehead atoms. The minimum atomic E-state index is -3.64. The summed E-state index contributed by atoms with van der Waals surface area (Å²) in [5.74, 6) is 1.16. The van der Waals surface area contributed by atoms with Crippen molar-refractivity contribution in [3.8, 4) is 11.5 Å². The molecular weight excluding hydrogens is 338 g/mol. The Morgan fingerprint density at radius 2 is 1.48 bits per heavy atom. The van der Waals surface area contributed by atoms with Gasteiger partial charge in [0.15, 0.2) is 11.5 Å². The summed E-state index contributed by atoms with van der Waals surface area (Å²) in [7, 11) is -3.64. The summed E-state index contributed by atoms with van der Waals surface area (Å²) in [6.45, 7) is 7.07. The van der Waals surface area contributed by atoms with E-state index < -0.39 is 10.0 Å². The maximum Gasteiger partial charge on any atom is 0.261 e. The Bertz CT molecular complexity index is 786. The highest BCUT2D eigenvalue weighted by atomic mass is 32.2. The molecule has 0 heterocycles. The highest BCUT2D eigenvalue weighted by Gasteiger charge is 2.15. The van der Waals surface area contributed by atoms with Crippen LogP contribution in [-0.2, 0) is 10.0 Å². The molecule has 0 spiro atoms. The van der Waals surface area contributed by atoms with Crippen LogP contribution in [0.25, 0.3) is 0 Å². The molecule has 0 amide bonds. The number of sulfonamides is 1. The molecule has 0 aliphatic rings. The molecule has 6 heteroatoms. The summed E-state index contributed by atoms with van der Waals surface area (Å²) in [4.78, 5) is 0.223. The molecule has 0 fully saturated rings. The van der Waals surface area contributed by atoms with Crippen LogP contribution < -0.4 is 14.2 Å². The zero-order valence-electron chi connectivity index (χ0n) is 14.9. The molecule has 0 atom stereocenters. The molecule has 2 aromatic carbocycles. The van der Waals surface area contributed by atoms with Gasteiger partial charge in [-0.15, -0.1) is 0 Å². The second-order valence-electron chi connectivity index (χ2n) is 5.78. The van der Waals surface area contributed by atoms with Gasteiger partial charge in [-0.25, -0.2) is 8.42 Å². The Hall–Kier alpha value is -2.21. The van der Waals surface area contributed by atoms with Gasteiger partial charge in [0, 0.05) is 6.07 Å². The Morgan fingerprint density at radius 1 is 0.880 bits per heavy atom. The van der Waals surface area contributed by atoms with Crippen molar-refractivity contribution in [2.75, 3.05) is 17.9 Å². The van der Waals surface area contributed by atoms with E-state index in [1.54, 1.807) is 42.5 Å². The zero-order valence-corrected chi connectivity index (χ0v) is 15.7. The second kappa shape index (κ2) is 8.76. The van der Waals surface area contributed by atoms with Crippen LogP contribution in [-0.4, -0.2) is 21.6 Å². The van der Waals surface area contributed by atoms with Crippen molar-refractivity contribution in [1.29, 1.82) is 0 Å². The van der Waals surface area contributed by atoms with E-state index in [-0.39, 0.29) is 4.90 Å². The molecular formula is C19H25NO4S. The molecule has 0 aliphatic heterocycles. The molecule has 136 valence electrons. The minimum absolute atomic E-state index is 0.223. The third-order valence-electron chi connectivity index (χ3n) is 3.45. The standard InChI is InChI=1S/C19H25NO4S/c1-4-12-23-18-11-8-16(14-19(18)24-13-5-2)20-25(21,22)17-9-6-15(3)7-10-17/h6-11,14,20H,4-5,12-13H2,1-3H3. The van der Waals surface area contributed by atoms with E-state index in [9.17, 15) is 8.42 Å². The van der Waals surface area contributed by atoms with Gasteiger partial charge >= 0.3 is 0 Å². The number of anilines is 1. The lowest BCUT2D eigenvalue weighted by atomic mass is 10.2. The molecule has 2 rings (SSSR count). The predicted octanol–water partition coefficient (Wildman–Crippen LogP) is 4.37. The van der Waals surface area contributed by atoms with E-state index in [0.29, 0.717) is 30.4 Å². The first-order chi connectivity index (χ1) is 12.0. The smallest absolute Gasteiger partial charge is 0.261 e. The van der Waals surface area contributed by atoms with Gasteiger partial charge in [0.05, 0.1) is 23.8 Å². The SMILES string of the molecule is CCCOc1ccc(NS(=O)(=O)c2ccc(C)cc2)cc1OCCC. The summed E-state index contributed by atoms with van der Waals surface area (Å²) in [5, 5.41) is 0. The Kier molecular flexibility index (Phi) is 6.70. The quantitative estimate of drug-likeness (QED) is 0.718. The fraction of sp³-hybridized carbons (Fsp3) is 0.368. The predicted molar refractivity (Wildman–Crippen MR) is 100 cm³/mol. The third-order valence-corrected chi connectivity index (χ3v) is 4.85. The molecule has 0 saturated carbocycles. The topological polar surface area (TPSA) is 64.6 Å². The van der Waals surface area contributed by atoms with Crippen LogP contribution >= 0.6 is 0 Å². The van der Waals surface area contributed by atoms with E-state index in [0.717, 1.165) is 18.4 Å². The lowest BCUT2D eigenvalue weighted by Crippen LogP contribution is -2.13. The summed E-state index contributed by atoms with van der Waals surface area (Å²) in [6, 6.07) is 11.8. The number of aryl methyl sites for hydroxylation is 1. The molecule has 5 nitrogen and oxygen atoms in total. The van der Waals surface area contributed by atoms with Gasteiger partial charge in [0.25, 0.3) is 10.0 Å². The maximum absolute atomic E-state index is 12.5. The minimum Gasteiger partial charge on any atom is -0.490 e. The molecule has 0 unspecified atom stereocenters. The molecule has 0 radical (unpaired) electrons. The van der Waals surface area contributed by atoms with E-state index in [1.165, 1.54) is 0 Å². The zero-order chi connectivity index (χ0) is 18.3. The van der Waals surface area contributed by atoms with E-state index in [4.69, 9.17) is 9.47 Å². The van der Waals surface area contributed by atoms with Gasteiger partial charge in [-0.05, 0) is 44.0 Å². The molecule has 0 saturated heterocycles. The van der Waals surface area contributed by atoms with Crippen molar-refractivity contribution in [2.24, 2.45) is 0 Å². The van der Waals surface area contributed by atoms with Gasteiger partial charge in [0.1, 0.15) is 0 Å². The number of nitrogens with one attached hydrogen (secondary N) is 1. The van der Waals surface area contributed by atoms with E-state index in [2.05, 4.69) is 4.72 Å². The van der Waals surface area contributed by atoms with Crippen LogP contribution in [0.5, 0.6) is 11.5 Å². The molecule has 2 aromatic rings. The average Bonchev–Trinajstić information content (AvgIpc) is 2.59. The van der Waals surface area contributed by atoms with Gasteiger partial charge in [0.2, 0.25) is 0 Å². The lowest BCUT2D eigenvalue weighted by Gasteiger charge is -2.14. The largest absolute Gasteiger partial charge is 0.490 e. The molecule has 0 aliphatic carbocycles. The van der Waals surface area contributed by atoms with Crippen LogP contribution in [0.1, 0.15) is 32.3 Å². The van der Waals surface area contributed by atoms with Gasteiger partial charge < -0.3 is 9.47 Å². The fourth-order valence-electron chi connectivity index (χ4n) is 2.16. The molecule has 0 aromatic heterocycles. The first kappa shape index (κ1) is 19.1. The summed E-state index contributed by atoms with van der Waals surface area (Å²) < 4.78 is 39.0. The average molecular weight is 363 g/mol. The highest BCUT2D eigenvalue weighted by Crippen LogP contribution is 2.31. The first-order valence-electron chi connectivity index (χ1n) is 8.45. The van der Waals surface area contributed by atoms with E-state index in [1.807, 2.05) is 20.8 Å². The fourth-order valence-corrected chi connectivity index (χ4v) is 3.21. The number of ether oxygens (including phenoxy) is 2. The Labute approximate surface area is 150 Å². The van der Waals surface area contributed by atoms with Gasteiger partial charge in [-0.3, -0.25) is 4.72 Å². The van der Waals surface area contributed by atoms with Crippen LogP contribution in [0.3, 0.4) is 0 Å². The third kappa shape index (κ3) is 5.39. The van der Waals surface area contributed by atoms with Gasteiger partial charge in [-0.1, -0.05) is 31.5 Å². The number of rotatable bonds is 9. The monoisotopic (exact) mass is 363 g/mol.